The third-order valence-electron chi connectivity index (χ3n) is 2.59. The van der Waals surface area contributed by atoms with Crippen LogP contribution >= 0.6 is 0 Å². The molecular formula is C11H20N2O3. The summed E-state index contributed by atoms with van der Waals surface area (Å²) in [6, 6.07) is 0. The zero-order valence-electron chi connectivity index (χ0n) is 9.75. The number of rotatable bonds is 4. The molecule has 1 aliphatic carbocycles. The van der Waals surface area contributed by atoms with Crippen molar-refractivity contribution >= 4 is 12.0 Å². The molecule has 1 rings (SSSR count). The van der Waals surface area contributed by atoms with Gasteiger partial charge in [-0.1, -0.05) is 6.42 Å². The minimum Gasteiger partial charge on any atom is -0.446 e. The van der Waals surface area contributed by atoms with Crippen LogP contribution in [0.5, 0.6) is 0 Å². The predicted molar refractivity (Wildman–Crippen MR) is 60.0 cm³/mol. The molecular weight excluding hydrogens is 208 g/mol. The Hall–Kier alpha value is -1.26. The number of hydrogen-bond donors (Lipinski definition) is 2. The molecule has 1 saturated carbocycles. The molecule has 0 radical (unpaired) electrons. The number of carbonyl (C=O) groups excluding carboxylic acids is 2. The molecule has 0 aromatic rings. The summed E-state index contributed by atoms with van der Waals surface area (Å²) in [5.41, 5.74) is 0. The monoisotopic (exact) mass is 228 g/mol. The Balaban J connectivity index is 2.03. The van der Waals surface area contributed by atoms with Gasteiger partial charge < -0.3 is 15.4 Å². The van der Waals surface area contributed by atoms with E-state index < -0.39 is 0 Å². The Bertz CT molecular complexity index is 237. The van der Waals surface area contributed by atoms with Crippen LogP contribution in [-0.4, -0.2) is 31.2 Å². The van der Waals surface area contributed by atoms with Gasteiger partial charge in [-0.25, -0.2) is 4.79 Å². The molecule has 0 spiro atoms. The van der Waals surface area contributed by atoms with Crippen molar-refractivity contribution in [2.45, 2.75) is 45.1 Å². The summed E-state index contributed by atoms with van der Waals surface area (Å²) in [4.78, 5) is 21.9. The van der Waals surface area contributed by atoms with Gasteiger partial charge in [-0.15, -0.1) is 0 Å². The summed E-state index contributed by atoms with van der Waals surface area (Å²) in [5, 5.41) is 5.20. The quantitative estimate of drug-likeness (QED) is 0.710. The van der Waals surface area contributed by atoms with Crippen LogP contribution < -0.4 is 10.6 Å². The topological polar surface area (TPSA) is 67.4 Å². The van der Waals surface area contributed by atoms with E-state index in [1.165, 1.54) is 13.3 Å². The third-order valence-corrected chi connectivity index (χ3v) is 2.59. The minimum atomic E-state index is -0.378. The van der Waals surface area contributed by atoms with Crippen LogP contribution in [0.25, 0.3) is 0 Å². The number of amides is 2. The van der Waals surface area contributed by atoms with E-state index >= 15 is 0 Å². The highest BCUT2D eigenvalue weighted by Crippen LogP contribution is 2.20. The molecule has 2 amide bonds. The zero-order valence-corrected chi connectivity index (χ0v) is 9.75. The second-order valence-corrected chi connectivity index (χ2v) is 4.08. The lowest BCUT2D eigenvalue weighted by Gasteiger charge is -2.21. The molecule has 5 heteroatoms. The average Bonchev–Trinajstić information content (AvgIpc) is 2.25. The first-order valence-electron chi connectivity index (χ1n) is 5.87. The fourth-order valence-corrected chi connectivity index (χ4v) is 1.78. The van der Waals surface area contributed by atoms with Crippen LogP contribution in [0.2, 0.25) is 0 Å². The van der Waals surface area contributed by atoms with E-state index in [2.05, 4.69) is 10.6 Å². The van der Waals surface area contributed by atoms with Crippen molar-refractivity contribution < 1.29 is 14.3 Å². The first-order valence-corrected chi connectivity index (χ1v) is 5.87. The summed E-state index contributed by atoms with van der Waals surface area (Å²) in [5.74, 6) is -0.0950. The molecule has 0 saturated heterocycles. The highest BCUT2D eigenvalue weighted by atomic mass is 16.6. The molecule has 0 bridgehead atoms. The van der Waals surface area contributed by atoms with Gasteiger partial charge in [0, 0.05) is 20.0 Å². The SMILES string of the molecule is CC(=O)NCCNC(=O)OC1CCCCC1. The van der Waals surface area contributed by atoms with Crippen molar-refractivity contribution in [3.8, 4) is 0 Å². The molecule has 0 unspecified atom stereocenters. The van der Waals surface area contributed by atoms with Gasteiger partial charge in [0.15, 0.2) is 0 Å². The molecule has 0 atom stereocenters. The van der Waals surface area contributed by atoms with Crippen LogP contribution in [0.1, 0.15) is 39.0 Å². The number of ether oxygens (including phenoxy) is 1. The van der Waals surface area contributed by atoms with Gasteiger partial charge in [0.2, 0.25) is 5.91 Å². The van der Waals surface area contributed by atoms with E-state index in [1.54, 1.807) is 0 Å². The van der Waals surface area contributed by atoms with E-state index in [-0.39, 0.29) is 18.1 Å². The number of nitrogens with one attached hydrogen (secondary N) is 2. The minimum absolute atomic E-state index is 0.0783. The molecule has 1 fully saturated rings. The summed E-state index contributed by atoms with van der Waals surface area (Å²) in [6.45, 7) is 2.29. The smallest absolute Gasteiger partial charge is 0.407 e. The van der Waals surface area contributed by atoms with Crippen LogP contribution in [0.15, 0.2) is 0 Å². The lowest BCUT2D eigenvalue weighted by atomic mass is 9.98. The van der Waals surface area contributed by atoms with Crippen molar-refractivity contribution in [2.24, 2.45) is 0 Å². The largest absolute Gasteiger partial charge is 0.446 e. The van der Waals surface area contributed by atoms with Gasteiger partial charge >= 0.3 is 6.09 Å². The highest BCUT2D eigenvalue weighted by molar-refractivity contribution is 5.73. The molecule has 0 aromatic carbocycles. The fraction of sp³-hybridized carbons (Fsp3) is 0.818. The first-order chi connectivity index (χ1) is 7.68. The molecule has 0 aromatic heterocycles. The summed E-state index contributed by atoms with van der Waals surface area (Å²) >= 11 is 0. The Morgan fingerprint density at radius 2 is 1.75 bits per heavy atom. The Kier molecular flexibility index (Phi) is 5.67. The van der Waals surface area contributed by atoms with Gasteiger partial charge in [0.05, 0.1) is 0 Å². The van der Waals surface area contributed by atoms with Crippen LogP contribution in [-0.2, 0) is 9.53 Å². The van der Waals surface area contributed by atoms with Crippen LogP contribution in [0, 0.1) is 0 Å². The second kappa shape index (κ2) is 7.09. The summed E-state index contributed by atoms with van der Waals surface area (Å²) in [7, 11) is 0. The first kappa shape index (κ1) is 12.8. The van der Waals surface area contributed by atoms with E-state index in [0.717, 1.165) is 25.7 Å². The summed E-state index contributed by atoms with van der Waals surface area (Å²) in [6.07, 6.45) is 5.17. The van der Waals surface area contributed by atoms with Crippen molar-refractivity contribution in [2.75, 3.05) is 13.1 Å². The standard InChI is InChI=1S/C11H20N2O3/c1-9(14)12-7-8-13-11(15)16-10-5-3-2-4-6-10/h10H,2-8H2,1H3,(H,12,14)(H,13,15). The van der Waals surface area contributed by atoms with Gasteiger partial charge in [-0.05, 0) is 25.7 Å². The number of hydrogen-bond acceptors (Lipinski definition) is 3. The maximum Gasteiger partial charge on any atom is 0.407 e. The van der Waals surface area contributed by atoms with Gasteiger partial charge in [0.1, 0.15) is 6.10 Å². The fourth-order valence-electron chi connectivity index (χ4n) is 1.78. The Morgan fingerprint density at radius 3 is 2.38 bits per heavy atom. The molecule has 92 valence electrons. The molecule has 0 heterocycles. The predicted octanol–water partition coefficient (Wildman–Crippen LogP) is 1.18. The van der Waals surface area contributed by atoms with E-state index in [1.807, 2.05) is 0 Å². The Morgan fingerprint density at radius 1 is 1.12 bits per heavy atom. The number of alkyl carbamates (subject to hydrolysis) is 1. The molecule has 2 N–H and O–H groups in total. The molecule has 0 aliphatic heterocycles. The van der Waals surface area contributed by atoms with Gasteiger partial charge in [0.25, 0.3) is 0 Å². The van der Waals surface area contributed by atoms with Gasteiger partial charge in [-0.3, -0.25) is 4.79 Å². The number of carbonyl (C=O) groups is 2. The lowest BCUT2D eigenvalue weighted by molar-refractivity contribution is -0.118. The van der Waals surface area contributed by atoms with Crippen LogP contribution in [0.4, 0.5) is 4.79 Å². The molecule has 5 nitrogen and oxygen atoms in total. The Labute approximate surface area is 95.9 Å². The highest BCUT2D eigenvalue weighted by Gasteiger charge is 2.16. The second-order valence-electron chi connectivity index (χ2n) is 4.08. The van der Waals surface area contributed by atoms with Gasteiger partial charge in [-0.2, -0.15) is 0 Å². The van der Waals surface area contributed by atoms with Crippen LogP contribution in [0.3, 0.4) is 0 Å². The van der Waals surface area contributed by atoms with E-state index in [9.17, 15) is 9.59 Å². The average molecular weight is 228 g/mol. The van der Waals surface area contributed by atoms with Crippen molar-refractivity contribution in [1.29, 1.82) is 0 Å². The normalized spacial score (nSPS) is 16.6. The summed E-state index contributed by atoms with van der Waals surface area (Å²) < 4.78 is 5.24. The van der Waals surface area contributed by atoms with Crippen molar-refractivity contribution in [3.63, 3.8) is 0 Å². The molecule has 16 heavy (non-hydrogen) atoms. The zero-order chi connectivity index (χ0) is 11.8. The van der Waals surface area contributed by atoms with E-state index in [0.29, 0.717) is 13.1 Å². The maximum absolute atomic E-state index is 11.3. The van der Waals surface area contributed by atoms with Crippen molar-refractivity contribution in [3.05, 3.63) is 0 Å². The van der Waals surface area contributed by atoms with Crippen molar-refractivity contribution in [1.82, 2.24) is 10.6 Å². The molecule has 1 aliphatic rings. The third kappa shape index (κ3) is 5.58. The van der Waals surface area contributed by atoms with E-state index in [4.69, 9.17) is 4.74 Å². The lowest BCUT2D eigenvalue weighted by Crippen LogP contribution is -2.36. The maximum atomic E-state index is 11.3.